The number of hydrogen-bond acceptors (Lipinski definition) is 5. The minimum Gasteiger partial charge on any atom is -0.367 e. The largest absolute Gasteiger partial charge is 0.367 e. The predicted molar refractivity (Wildman–Crippen MR) is 93.6 cm³/mol. The molecule has 0 unspecified atom stereocenters. The standard InChI is InChI=1S/C18H17N3O2S/c1-13(22)17-10-15(12-24-17)18(23)21-8-6-20(7-9-21)16-5-3-2-4-14(16)11-19/h2-5,10,12H,6-9H2,1H3. The van der Waals surface area contributed by atoms with Gasteiger partial charge in [0, 0.05) is 31.6 Å². The molecule has 0 spiro atoms. The fourth-order valence-electron chi connectivity index (χ4n) is 2.81. The number of amides is 1. The van der Waals surface area contributed by atoms with E-state index in [1.807, 2.05) is 24.3 Å². The van der Waals surface area contributed by atoms with E-state index in [0.717, 1.165) is 5.69 Å². The smallest absolute Gasteiger partial charge is 0.254 e. The van der Waals surface area contributed by atoms with Crippen LogP contribution < -0.4 is 4.90 Å². The van der Waals surface area contributed by atoms with Gasteiger partial charge in [-0.25, -0.2) is 0 Å². The summed E-state index contributed by atoms with van der Waals surface area (Å²) in [5.41, 5.74) is 2.15. The fourth-order valence-corrected chi connectivity index (χ4v) is 3.59. The lowest BCUT2D eigenvalue weighted by Crippen LogP contribution is -2.48. The predicted octanol–water partition coefficient (Wildman–Crippen LogP) is 2.78. The van der Waals surface area contributed by atoms with Crippen molar-refractivity contribution < 1.29 is 9.59 Å². The van der Waals surface area contributed by atoms with E-state index in [4.69, 9.17) is 0 Å². The molecule has 0 atom stereocenters. The summed E-state index contributed by atoms with van der Waals surface area (Å²) in [5, 5.41) is 11.0. The number of benzene rings is 1. The maximum Gasteiger partial charge on any atom is 0.254 e. The summed E-state index contributed by atoms with van der Waals surface area (Å²) >= 11 is 1.31. The molecule has 0 bridgehead atoms. The fraction of sp³-hybridized carbons (Fsp3) is 0.278. The van der Waals surface area contributed by atoms with Crippen molar-refractivity contribution >= 4 is 28.7 Å². The van der Waals surface area contributed by atoms with Gasteiger partial charge in [-0.1, -0.05) is 12.1 Å². The lowest BCUT2D eigenvalue weighted by molar-refractivity contribution is 0.0747. The zero-order valence-corrected chi connectivity index (χ0v) is 14.2. The Morgan fingerprint density at radius 1 is 1.17 bits per heavy atom. The van der Waals surface area contributed by atoms with Crippen molar-refractivity contribution in [2.24, 2.45) is 0 Å². The molecule has 0 aliphatic carbocycles. The second kappa shape index (κ2) is 6.85. The highest BCUT2D eigenvalue weighted by atomic mass is 32.1. The number of nitrogens with zero attached hydrogens (tertiary/aromatic N) is 3. The van der Waals surface area contributed by atoms with Gasteiger partial charge in [0.2, 0.25) is 0 Å². The van der Waals surface area contributed by atoms with Gasteiger partial charge < -0.3 is 9.80 Å². The lowest BCUT2D eigenvalue weighted by atomic mass is 10.1. The number of hydrogen-bond donors (Lipinski definition) is 0. The number of piperazine rings is 1. The van der Waals surface area contributed by atoms with Crippen LogP contribution in [-0.2, 0) is 0 Å². The summed E-state index contributed by atoms with van der Waals surface area (Å²) in [4.78, 5) is 28.5. The zero-order chi connectivity index (χ0) is 17.1. The Hall–Kier alpha value is -2.65. The minimum absolute atomic E-state index is 0.0167. The molecule has 1 aliphatic heterocycles. The summed E-state index contributed by atoms with van der Waals surface area (Å²) in [6.45, 7) is 4.08. The Morgan fingerprint density at radius 3 is 2.50 bits per heavy atom. The monoisotopic (exact) mass is 339 g/mol. The third kappa shape index (κ3) is 3.17. The van der Waals surface area contributed by atoms with Gasteiger partial charge in [-0.2, -0.15) is 5.26 Å². The molecule has 1 aliphatic rings. The van der Waals surface area contributed by atoms with E-state index in [2.05, 4.69) is 11.0 Å². The van der Waals surface area contributed by atoms with Crippen molar-refractivity contribution in [1.29, 1.82) is 5.26 Å². The van der Waals surface area contributed by atoms with Crippen molar-refractivity contribution in [2.75, 3.05) is 31.1 Å². The second-order valence-electron chi connectivity index (χ2n) is 5.66. The van der Waals surface area contributed by atoms with E-state index in [0.29, 0.717) is 42.2 Å². The average molecular weight is 339 g/mol. The molecule has 1 amide bonds. The Labute approximate surface area is 144 Å². The molecule has 1 fully saturated rings. The average Bonchev–Trinajstić information content (AvgIpc) is 3.11. The van der Waals surface area contributed by atoms with Gasteiger partial charge in [-0.3, -0.25) is 9.59 Å². The van der Waals surface area contributed by atoms with Crippen LogP contribution in [0.25, 0.3) is 0 Å². The number of carbonyl (C=O) groups excluding carboxylic acids is 2. The van der Waals surface area contributed by atoms with Crippen molar-refractivity contribution in [3.8, 4) is 6.07 Å². The molecule has 24 heavy (non-hydrogen) atoms. The molecule has 1 aromatic heterocycles. The van der Waals surface area contributed by atoms with Crippen molar-refractivity contribution in [2.45, 2.75) is 6.92 Å². The topological polar surface area (TPSA) is 64.4 Å². The van der Waals surface area contributed by atoms with Crippen LogP contribution in [0.4, 0.5) is 5.69 Å². The van der Waals surface area contributed by atoms with Crippen LogP contribution in [0.3, 0.4) is 0 Å². The van der Waals surface area contributed by atoms with Crippen molar-refractivity contribution in [3.05, 3.63) is 51.7 Å². The first-order valence-electron chi connectivity index (χ1n) is 7.73. The summed E-state index contributed by atoms with van der Waals surface area (Å²) < 4.78 is 0. The highest BCUT2D eigenvalue weighted by Gasteiger charge is 2.24. The van der Waals surface area contributed by atoms with Crippen LogP contribution in [0.15, 0.2) is 35.7 Å². The lowest BCUT2D eigenvalue weighted by Gasteiger charge is -2.36. The first kappa shape index (κ1) is 16.2. The molecular weight excluding hydrogens is 322 g/mol. The van der Waals surface area contributed by atoms with E-state index in [1.54, 1.807) is 16.3 Å². The first-order chi connectivity index (χ1) is 11.6. The highest BCUT2D eigenvalue weighted by molar-refractivity contribution is 7.12. The molecule has 122 valence electrons. The third-order valence-corrected chi connectivity index (χ3v) is 5.16. The maximum atomic E-state index is 12.6. The molecule has 0 N–H and O–H groups in total. The number of thiophene rings is 1. The maximum absolute atomic E-state index is 12.6. The Kier molecular flexibility index (Phi) is 4.63. The van der Waals surface area contributed by atoms with Gasteiger partial charge in [-0.05, 0) is 25.1 Å². The quantitative estimate of drug-likeness (QED) is 0.807. The van der Waals surface area contributed by atoms with Crippen LogP contribution >= 0.6 is 11.3 Å². The SMILES string of the molecule is CC(=O)c1cc(C(=O)N2CCN(c3ccccc3C#N)CC2)cs1. The van der Waals surface area contributed by atoms with Gasteiger partial charge in [0.15, 0.2) is 5.78 Å². The van der Waals surface area contributed by atoms with Gasteiger partial charge in [-0.15, -0.1) is 11.3 Å². The second-order valence-corrected chi connectivity index (χ2v) is 6.58. The summed E-state index contributed by atoms with van der Waals surface area (Å²) in [5.74, 6) is -0.0519. The molecule has 1 saturated heterocycles. The van der Waals surface area contributed by atoms with E-state index < -0.39 is 0 Å². The summed E-state index contributed by atoms with van der Waals surface area (Å²) in [7, 11) is 0. The number of rotatable bonds is 3. The molecule has 0 saturated carbocycles. The van der Waals surface area contributed by atoms with Gasteiger partial charge in [0.25, 0.3) is 5.91 Å². The van der Waals surface area contributed by atoms with E-state index in [-0.39, 0.29) is 11.7 Å². The van der Waals surface area contributed by atoms with E-state index in [9.17, 15) is 14.9 Å². The van der Waals surface area contributed by atoms with Crippen LogP contribution in [0.5, 0.6) is 0 Å². The zero-order valence-electron chi connectivity index (χ0n) is 13.4. The Balaban J connectivity index is 1.67. The van der Waals surface area contributed by atoms with Crippen LogP contribution in [0.1, 0.15) is 32.5 Å². The Morgan fingerprint density at radius 2 is 1.88 bits per heavy atom. The summed E-state index contributed by atoms with van der Waals surface area (Å²) in [6, 6.07) is 11.4. The molecule has 3 rings (SSSR count). The number of para-hydroxylation sites is 1. The molecule has 2 aromatic rings. The molecule has 0 radical (unpaired) electrons. The van der Waals surface area contributed by atoms with Crippen molar-refractivity contribution in [3.63, 3.8) is 0 Å². The van der Waals surface area contributed by atoms with Gasteiger partial charge in [0.05, 0.1) is 21.7 Å². The molecular formula is C18H17N3O2S. The van der Waals surface area contributed by atoms with Crippen LogP contribution in [0.2, 0.25) is 0 Å². The minimum atomic E-state index is -0.0352. The van der Waals surface area contributed by atoms with E-state index >= 15 is 0 Å². The Bertz CT molecular complexity index is 814. The van der Waals surface area contributed by atoms with Gasteiger partial charge in [0.1, 0.15) is 6.07 Å². The number of ketones is 1. The third-order valence-electron chi connectivity index (χ3n) is 4.13. The first-order valence-corrected chi connectivity index (χ1v) is 8.61. The number of anilines is 1. The number of carbonyl (C=O) groups is 2. The van der Waals surface area contributed by atoms with Crippen LogP contribution in [0, 0.1) is 11.3 Å². The van der Waals surface area contributed by atoms with Crippen LogP contribution in [-0.4, -0.2) is 42.8 Å². The highest BCUT2D eigenvalue weighted by Crippen LogP contribution is 2.22. The van der Waals surface area contributed by atoms with Gasteiger partial charge >= 0.3 is 0 Å². The summed E-state index contributed by atoms with van der Waals surface area (Å²) in [6.07, 6.45) is 0. The van der Waals surface area contributed by atoms with E-state index in [1.165, 1.54) is 18.3 Å². The molecule has 5 nitrogen and oxygen atoms in total. The van der Waals surface area contributed by atoms with Crippen molar-refractivity contribution in [1.82, 2.24) is 4.90 Å². The molecule has 1 aromatic carbocycles. The normalized spacial score (nSPS) is 14.3. The number of Topliss-reactive ketones (excluding diaryl/α,β-unsaturated/α-hetero) is 1. The number of nitriles is 1. The molecule has 6 heteroatoms. The molecule has 2 heterocycles.